The summed E-state index contributed by atoms with van der Waals surface area (Å²) in [6.45, 7) is 7.63. The van der Waals surface area contributed by atoms with Crippen molar-refractivity contribution in [3.05, 3.63) is 0 Å². The van der Waals surface area contributed by atoms with Crippen LogP contribution in [0.1, 0.15) is 27.2 Å². The Morgan fingerprint density at radius 3 is 2.45 bits per heavy atom. The molecular formula is C9H17BrO. The minimum Gasteiger partial charge on any atom is -0.378 e. The van der Waals surface area contributed by atoms with Crippen LogP contribution in [-0.2, 0) is 4.74 Å². The van der Waals surface area contributed by atoms with Crippen LogP contribution >= 0.6 is 15.9 Å². The molecule has 1 nitrogen and oxygen atoms in total. The molecule has 2 heteroatoms. The molecule has 1 aliphatic rings. The normalized spacial score (nSPS) is 34.6. The first-order chi connectivity index (χ1) is 5.13. The Labute approximate surface area is 77.6 Å². The fraction of sp³-hybridized carbons (Fsp3) is 1.00. The van der Waals surface area contributed by atoms with Gasteiger partial charge in [0.15, 0.2) is 0 Å². The first kappa shape index (κ1) is 9.53. The lowest BCUT2D eigenvalue weighted by Crippen LogP contribution is -2.25. The van der Waals surface area contributed by atoms with Crippen molar-refractivity contribution in [3.8, 4) is 0 Å². The third kappa shape index (κ3) is 2.19. The second kappa shape index (κ2) is 3.90. The quantitative estimate of drug-likeness (QED) is 0.651. The Hall–Kier alpha value is 0.440. The summed E-state index contributed by atoms with van der Waals surface area (Å²) < 4.78 is 5.51. The molecule has 0 saturated carbocycles. The molecule has 0 aromatic rings. The minimum atomic E-state index is 0.446. The average Bonchev–Trinajstić information content (AvgIpc) is 2.33. The van der Waals surface area contributed by atoms with Crippen molar-refractivity contribution >= 4 is 15.9 Å². The van der Waals surface area contributed by atoms with Gasteiger partial charge >= 0.3 is 0 Å². The summed E-state index contributed by atoms with van der Waals surface area (Å²) in [5.74, 6) is 1.43. The van der Waals surface area contributed by atoms with Crippen LogP contribution < -0.4 is 0 Å². The molecule has 0 amide bonds. The third-order valence-corrected chi connectivity index (χ3v) is 4.22. The summed E-state index contributed by atoms with van der Waals surface area (Å²) in [6.07, 6.45) is 1.66. The molecule has 3 unspecified atom stereocenters. The van der Waals surface area contributed by atoms with E-state index in [1.165, 1.54) is 6.42 Å². The lowest BCUT2D eigenvalue weighted by atomic mass is 9.92. The third-order valence-electron chi connectivity index (χ3n) is 2.48. The maximum Gasteiger partial charge on any atom is 0.0586 e. The van der Waals surface area contributed by atoms with E-state index in [9.17, 15) is 0 Å². The average molecular weight is 221 g/mol. The van der Waals surface area contributed by atoms with Crippen molar-refractivity contribution in [2.75, 3.05) is 6.61 Å². The van der Waals surface area contributed by atoms with Gasteiger partial charge in [-0.25, -0.2) is 0 Å². The zero-order valence-electron chi connectivity index (χ0n) is 7.51. The highest BCUT2D eigenvalue weighted by atomic mass is 79.9. The zero-order valence-corrected chi connectivity index (χ0v) is 9.10. The molecule has 0 spiro atoms. The predicted octanol–water partition coefficient (Wildman–Crippen LogP) is 2.83. The lowest BCUT2D eigenvalue weighted by Gasteiger charge is -2.23. The van der Waals surface area contributed by atoms with Crippen molar-refractivity contribution in [1.82, 2.24) is 0 Å². The predicted molar refractivity (Wildman–Crippen MR) is 51.1 cm³/mol. The molecule has 0 aromatic heterocycles. The van der Waals surface area contributed by atoms with Crippen LogP contribution in [0.15, 0.2) is 0 Å². The summed E-state index contributed by atoms with van der Waals surface area (Å²) in [4.78, 5) is 0.625. The molecule has 66 valence electrons. The molecular weight excluding hydrogens is 204 g/mol. The van der Waals surface area contributed by atoms with Crippen LogP contribution in [-0.4, -0.2) is 17.5 Å². The van der Waals surface area contributed by atoms with E-state index < -0.39 is 0 Å². The summed E-state index contributed by atoms with van der Waals surface area (Å²) in [5.41, 5.74) is 0. The monoisotopic (exact) mass is 220 g/mol. The van der Waals surface area contributed by atoms with Gasteiger partial charge in [-0.2, -0.15) is 0 Å². The molecule has 1 rings (SSSR count). The van der Waals surface area contributed by atoms with Gasteiger partial charge in [0.1, 0.15) is 0 Å². The number of ether oxygens (including phenoxy) is 1. The Balaban J connectivity index is 2.45. The van der Waals surface area contributed by atoms with Gasteiger partial charge < -0.3 is 4.74 Å². The maximum atomic E-state index is 5.51. The summed E-state index contributed by atoms with van der Waals surface area (Å²) in [6, 6.07) is 0. The summed E-state index contributed by atoms with van der Waals surface area (Å²) >= 11 is 3.73. The maximum absolute atomic E-state index is 5.51. The van der Waals surface area contributed by atoms with Crippen LogP contribution in [0.2, 0.25) is 0 Å². The first-order valence-electron chi connectivity index (χ1n) is 4.38. The van der Waals surface area contributed by atoms with E-state index >= 15 is 0 Å². The molecule has 0 radical (unpaired) electrons. The van der Waals surface area contributed by atoms with Gasteiger partial charge in [-0.3, -0.25) is 0 Å². The van der Waals surface area contributed by atoms with Crippen LogP contribution in [0.25, 0.3) is 0 Å². The van der Waals surface area contributed by atoms with Gasteiger partial charge in [-0.1, -0.05) is 29.8 Å². The molecule has 11 heavy (non-hydrogen) atoms. The Kier molecular flexibility index (Phi) is 3.38. The van der Waals surface area contributed by atoms with E-state index in [1.807, 2.05) is 0 Å². The van der Waals surface area contributed by atoms with Crippen LogP contribution in [0.4, 0.5) is 0 Å². The standard InChI is InChI=1S/C9H17BrO/c1-6(2)9(10)8-4-5-11-7(8)3/h6-9H,4-5H2,1-3H3. The van der Waals surface area contributed by atoms with E-state index in [-0.39, 0.29) is 0 Å². The number of alkyl halides is 1. The molecule has 0 N–H and O–H groups in total. The van der Waals surface area contributed by atoms with E-state index in [2.05, 4.69) is 36.7 Å². The van der Waals surface area contributed by atoms with E-state index in [0.29, 0.717) is 16.8 Å². The number of hydrogen-bond acceptors (Lipinski definition) is 1. The number of rotatable bonds is 2. The van der Waals surface area contributed by atoms with Gasteiger partial charge in [0.05, 0.1) is 6.10 Å². The van der Waals surface area contributed by atoms with Gasteiger partial charge in [0, 0.05) is 11.4 Å². The van der Waals surface area contributed by atoms with Crippen molar-refractivity contribution in [1.29, 1.82) is 0 Å². The molecule has 1 saturated heterocycles. The van der Waals surface area contributed by atoms with E-state index in [0.717, 1.165) is 12.5 Å². The molecule has 0 aromatic carbocycles. The van der Waals surface area contributed by atoms with Crippen molar-refractivity contribution in [2.24, 2.45) is 11.8 Å². The van der Waals surface area contributed by atoms with Gasteiger partial charge in [0.25, 0.3) is 0 Å². The second-order valence-corrected chi connectivity index (χ2v) is 4.77. The highest BCUT2D eigenvalue weighted by Crippen LogP contribution is 2.32. The number of hydrogen-bond donors (Lipinski definition) is 0. The zero-order chi connectivity index (χ0) is 8.43. The molecule has 0 bridgehead atoms. The van der Waals surface area contributed by atoms with E-state index in [4.69, 9.17) is 4.74 Å². The van der Waals surface area contributed by atoms with Crippen molar-refractivity contribution < 1.29 is 4.74 Å². The lowest BCUT2D eigenvalue weighted by molar-refractivity contribution is 0.103. The van der Waals surface area contributed by atoms with Crippen molar-refractivity contribution in [3.63, 3.8) is 0 Å². The fourth-order valence-corrected chi connectivity index (χ4v) is 2.36. The Morgan fingerprint density at radius 1 is 1.45 bits per heavy atom. The smallest absolute Gasteiger partial charge is 0.0586 e. The van der Waals surface area contributed by atoms with Crippen LogP contribution in [0, 0.1) is 11.8 Å². The Bertz CT molecular complexity index is 125. The molecule has 3 atom stereocenters. The molecule has 1 aliphatic heterocycles. The van der Waals surface area contributed by atoms with Gasteiger partial charge in [-0.05, 0) is 25.2 Å². The van der Waals surface area contributed by atoms with Crippen LogP contribution in [0.5, 0.6) is 0 Å². The summed E-state index contributed by atoms with van der Waals surface area (Å²) in [5, 5.41) is 0. The SMILES string of the molecule is CC(C)C(Br)C1CCOC1C. The highest BCUT2D eigenvalue weighted by molar-refractivity contribution is 9.09. The van der Waals surface area contributed by atoms with Crippen molar-refractivity contribution in [2.45, 2.75) is 38.1 Å². The largest absolute Gasteiger partial charge is 0.378 e. The minimum absolute atomic E-state index is 0.446. The van der Waals surface area contributed by atoms with Gasteiger partial charge in [0.2, 0.25) is 0 Å². The second-order valence-electron chi connectivity index (χ2n) is 3.72. The molecule has 1 heterocycles. The topological polar surface area (TPSA) is 9.23 Å². The Morgan fingerprint density at radius 2 is 2.09 bits per heavy atom. The van der Waals surface area contributed by atoms with E-state index in [1.54, 1.807) is 0 Å². The van der Waals surface area contributed by atoms with Crippen LogP contribution in [0.3, 0.4) is 0 Å². The highest BCUT2D eigenvalue weighted by Gasteiger charge is 2.31. The summed E-state index contributed by atoms with van der Waals surface area (Å²) in [7, 11) is 0. The first-order valence-corrected chi connectivity index (χ1v) is 5.30. The molecule has 0 aliphatic carbocycles. The number of halogens is 1. The van der Waals surface area contributed by atoms with Gasteiger partial charge in [-0.15, -0.1) is 0 Å². The molecule has 1 fully saturated rings. The fourth-order valence-electron chi connectivity index (χ4n) is 1.66.